The Hall–Kier alpha value is -0.860. The maximum absolute atomic E-state index is 10.8. The van der Waals surface area contributed by atoms with Crippen molar-refractivity contribution in [1.29, 1.82) is 0 Å². The van der Waals surface area contributed by atoms with E-state index in [2.05, 4.69) is 5.32 Å². The smallest absolute Gasteiger partial charge is 0.219 e. The first-order valence-electron chi connectivity index (χ1n) is 3.93. The number of hydrogen-bond acceptors (Lipinski definition) is 2. The number of Topliss-reactive ketones (excluding diaryl/α,β-unsaturated/α-hetero) is 1. The van der Waals surface area contributed by atoms with Crippen LogP contribution in [-0.4, -0.2) is 18.2 Å². The van der Waals surface area contributed by atoms with Crippen LogP contribution in [-0.2, 0) is 9.59 Å². The number of amides is 1. The van der Waals surface area contributed by atoms with E-state index < -0.39 is 0 Å². The van der Waals surface area contributed by atoms with Gasteiger partial charge in [-0.2, -0.15) is 0 Å². The Morgan fingerprint density at radius 1 is 1.27 bits per heavy atom. The average molecular weight is 157 g/mol. The van der Waals surface area contributed by atoms with Gasteiger partial charge in [-0.1, -0.05) is 0 Å². The lowest BCUT2D eigenvalue weighted by Crippen LogP contribution is -2.22. The van der Waals surface area contributed by atoms with E-state index in [9.17, 15) is 9.59 Å². The number of ketones is 1. The second kappa shape index (κ2) is 5.89. The summed E-state index contributed by atoms with van der Waals surface area (Å²) >= 11 is 0. The van der Waals surface area contributed by atoms with Crippen LogP contribution in [0.25, 0.3) is 0 Å². The van der Waals surface area contributed by atoms with Crippen LogP contribution in [0.5, 0.6) is 0 Å². The van der Waals surface area contributed by atoms with Crippen molar-refractivity contribution >= 4 is 11.7 Å². The van der Waals surface area contributed by atoms with Gasteiger partial charge >= 0.3 is 0 Å². The van der Waals surface area contributed by atoms with Crippen molar-refractivity contribution < 1.29 is 9.59 Å². The zero-order valence-corrected chi connectivity index (χ0v) is 7.14. The lowest BCUT2D eigenvalue weighted by Gasteiger charge is -1.99. The summed E-state index contributed by atoms with van der Waals surface area (Å²) in [5.74, 6) is 0.183. The summed E-state index contributed by atoms with van der Waals surface area (Å²) in [5, 5.41) is 2.67. The normalized spacial score (nSPS) is 9.27. The SMILES string of the molecule is CCNC(=O)CCCC(C)=O. The predicted molar refractivity (Wildman–Crippen MR) is 43.2 cm³/mol. The van der Waals surface area contributed by atoms with Gasteiger partial charge in [-0.05, 0) is 20.3 Å². The Bertz CT molecular complexity index is 143. The van der Waals surface area contributed by atoms with Gasteiger partial charge in [0.1, 0.15) is 5.78 Å². The molecular weight excluding hydrogens is 142 g/mol. The van der Waals surface area contributed by atoms with Gasteiger partial charge < -0.3 is 10.1 Å². The second-order valence-electron chi connectivity index (χ2n) is 2.51. The van der Waals surface area contributed by atoms with Crippen molar-refractivity contribution in [3.63, 3.8) is 0 Å². The molecule has 0 aliphatic carbocycles. The summed E-state index contributed by atoms with van der Waals surface area (Å²) in [6.07, 6.45) is 1.64. The molecule has 0 unspecified atom stereocenters. The highest BCUT2D eigenvalue weighted by molar-refractivity contribution is 5.78. The molecule has 0 radical (unpaired) electrons. The zero-order chi connectivity index (χ0) is 8.69. The molecule has 0 fully saturated rings. The van der Waals surface area contributed by atoms with Gasteiger partial charge in [0.05, 0.1) is 0 Å². The van der Waals surface area contributed by atoms with Crippen molar-refractivity contribution in [2.75, 3.05) is 6.54 Å². The maximum Gasteiger partial charge on any atom is 0.219 e. The van der Waals surface area contributed by atoms with Gasteiger partial charge in [0.25, 0.3) is 0 Å². The van der Waals surface area contributed by atoms with Gasteiger partial charge in [-0.15, -0.1) is 0 Å². The molecular formula is C8H15NO2. The second-order valence-corrected chi connectivity index (χ2v) is 2.51. The average Bonchev–Trinajstić information content (AvgIpc) is 1.87. The molecule has 0 aromatic carbocycles. The van der Waals surface area contributed by atoms with E-state index in [1.54, 1.807) is 0 Å². The molecule has 3 nitrogen and oxygen atoms in total. The Morgan fingerprint density at radius 2 is 1.91 bits per heavy atom. The van der Waals surface area contributed by atoms with Crippen molar-refractivity contribution in [3.8, 4) is 0 Å². The van der Waals surface area contributed by atoms with E-state index in [4.69, 9.17) is 0 Å². The highest BCUT2D eigenvalue weighted by Crippen LogP contribution is 1.95. The molecule has 0 aromatic heterocycles. The molecule has 0 heterocycles. The van der Waals surface area contributed by atoms with Crippen molar-refractivity contribution in [1.82, 2.24) is 5.32 Å². The minimum absolute atomic E-state index is 0.0359. The van der Waals surface area contributed by atoms with Gasteiger partial charge in [0.15, 0.2) is 0 Å². The van der Waals surface area contributed by atoms with E-state index in [1.807, 2.05) is 6.92 Å². The van der Waals surface area contributed by atoms with Crippen molar-refractivity contribution in [2.24, 2.45) is 0 Å². The van der Waals surface area contributed by atoms with Crippen LogP contribution in [0.1, 0.15) is 33.1 Å². The monoisotopic (exact) mass is 157 g/mol. The van der Waals surface area contributed by atoms with Crippen LogP contribution in [0.3, 0.4) is 0 Å². The van der Waals surface area contributed by atoms with Crippen LogP contribution in [0, 0.1) is 0 Å². The molecule has 1 N–H and O–H groups in total. The van der Waals surface area contributed by atoms with Gasteiger partial charge in [-0.25, -0.2) is 0 Å². The summed E-state index contributed by atoms with van der Waals surface area (Å²) in [6, 6.07) is 0. The minimum Gasteiger partial charge on any atom is -0.356 e. The van der Waals surface area contributed by atoms with Gasteiger partial charge in [0.2, 0.25) is 5.91 Å². The van der Waals surface area contributed by atoms with Gasteiger partial charge in [0, 0.05) is 19.4 Å². The third kappa shape index (κ3) is 7.03. The summed E-state index contributed by atoms with van der Waals surface area (Å²) in [6.45, 7) is 4.08. The molecule has 0 aromatic rings. The topological polar surface area (TPSA) is 46.2 Å². The van der Waals surface area contributed by atoms with Crippen LogP contribution >= 0.6 is 0 Å². The third-order valence-corrected chi connectivity index (χ3v) is 1.31. The van der Waals surface area contributed by atoms with Crippen LogP contribution < -0.4 is 5.32 Å². The molecule has 0 saturated carbocycles. The molecule has 0 aliphatic rings. The largest absolute Gasteiger partial charge is 0.356 e. The van der Waals surface area contributed by atoms with E-state index in [-0.39, 0.29) is 11.7 Å². The van der Waals surface area contributed by atoms with E-state index in [0.29, 0.717) is 25.8 Å². The maximum atomic E-state index is 10.8. The molecule has 0 bridgehead atoms. The molecule has 1 amide bonds. The summed E-state index contributed by atoms with van der Waals surface area (Å²) in [7, 11) is 0. The number of nitrogens with one attached hydrogen (secondary N) is 1. The molecule has 0 spiro atoms. The van der Waals surface area contributed by atoms with E-state index in [1.165, 1.54) is 6.92 Å². The predicted octanol–water partition coefficient (Wildman–Crippen LogP) is 0.882. The zero-order valence-electron chi connectivity index (χ0n) is 7.14. The highest BCUT2D eigenvalue weighted by atomic mass is 16.1. The Kier molecular flexibility index (Phi) is 5.43. The lowest BCUT2D eigenvalue weighted by atomic mass is 10.2. The molecule has 11 heavy (non-hydrogen) atoms. The molecule has 0 atom stereocenters. The molecule has 0 aliphatic heterocycles. The lowest BCUT2D eigenvalue weighted by molar-refractivity contribution is -0.121. The van der Waals surface area contributed by atoms with Crippen molar-refractivity contribution in [3.05, 3.63) is 0 Å². The van der Waals surface area contributed by atoms with Crippen LogP contribution in [0.4, 0.5) is 0 Å². The summed E-state index contributed by atoms with van der Waals surface area (Å²) in [4.78, 5) is 21.3. The number of hydrogen-bond donors (Lipinski definition) is 1. The standard InChI is InChI=1S/C8H15NO2/c1-3-9-8(11)6-4-5-7(2)10/h3-6H2,1-2H3,(H,9,11). The van der Waals surface area contributed by atoms with Crippen LogP contribution in [0.2, 0.25) is 0 Å². The third-order valence-electron chi connectivity index (χ3n) is 1.31. The van der Waals surface area contributed by atoms with Crippen LogP contribution in [0.15, 0.2) is 0 Å². The fraction of sp³-hybridized carbons (Fsp3) is 0.750. The molecule has 0 rings (SSSR count). The number of carbonyl (C=O) groups excluding carboxylic acids is 2. The number of rotatable bonds is 5. The first kappa shape index (κ1) is 10.1. The molecule has 64 valence electrons. The number of carbonyl (C=O) groups is 2. The van der Waals surface area contributed by atoms with E-state index in [0.717, 1.165) is 0 Å². The first-order valence-corrected chi connectivity index (χ1v) is 3.93. The van der Waals surface area contributed by atoms with Crippen molar-refractivity contribution in [2.45, 2.75) is 33.1 Å². The quantitative estimate of drug-likeness (QED) is 0.644. The fourth-order valence-corrected chi connectivity index (χ4v) is 0.783. The highest BCUT2D eigenvalue weighted by Gasteiger charge is 1.99. The van der Waals surface area contributed by atoms with E-state index >= 15 is 0 Å². The first-order chi connectivity index (χ1) is 5.16. The Labute approximate surface area is 67.2 Å². The summed E-state index contributed by atoms with van der Waals surface area (Å²) < 4.78 is 0. The Balaban J connectivity index is 3.24. The van der Waals surface area contributed by atoms with Gasteiger partial charge in [-0.3, -0.25) is 4.79 Å². The minimum atomic E-state index is 0.0359. The molecule has 3 heteroatoms. The molecule has 0 saturated heterocycles. The Morgan fingerprint density at radius 3 is 2.36 bits per heavy atom. The summed E-state index contributed by atoms with van der Waals surface area (Å²) in [5.41, 5.74) is 0. The fourth-order valence-electron chi connectivity index (χ4n) is 0.783.